The number of amides is 1. The highest BCUT2D eigenvalue weighted by Crippen LogP contribution is 2.37. The quantitative estimate of drug-likeness (QED) is 0.679. The lowest BCUT2D eigenvalue weighted by atomic mass is 10.0. The van der Waals surface area contributed by atoms with E-state index in [-0.39, 0.29) is 24.1 Å². The minimum atomic E-state index is -0.499. The summed E-state index contributed by atoms with van der Waals surface area (Å²) in [5, 5.41) is 0. The molecule has 0 unspecified atom stereocenters. The first kappa shape index (κ1) is 16.1. The summed E-state index contributed by atoms with van der Waals surface area (Å²) in [7, 11) is 1.35. The maximum Gasteiger partial charge on any atom is 0.315 e. The van der Waals surface area contributed by atoms with Crippen LogP contribution in [-0.2, 0) is 9.53 Å². The minimum absolute atomic E-state index is 0.198. The number of carbonyl (C=O) groups excluding carboxylic acids is 2. The SMILES string of the molecule is COC(=O)[C@H]1CN(C(=O)c2coc(-c3ccccc3)n2)c2ccccc21. The molecule has 0 bridgehead atoms. The maximum absolute atomic E-state index is 13.0. The standard InChI is InChI=1S/C20H16N2O4/c1-25-20(24)15-11-22(17-10-6-5-9-14(15)17)19(23)16-12-26-18(21-16)13-7-3-2-4-8-13/h2-10,12,15H,11H2,1H3/t15-/m0/s1. The fraction of sp³-hybridized carbons (Fsp3) is 0.150. The molecule has 2 aromatic carbocycles. The Bertz CT molecular complexity index is 965. The van der Waals surface area contributed by atoms with E-state index >= 15 is 0 Å². The van der Waals surface area contributed by atoms with E-state index in [0.717, 1.165) is 11.1 Å². The largest absolute Gasteiger partial charge is 0.468 e. The summed E-state index contributed by atoms with van der Waals surface area (Å²) in [6.45, 7) is 0.221. The van der Waals surface area contributed by atoms with Gasteiger partial charge in [-0.3, -0.25) is 9.59 Å². The fourth-order valence-corrected chi connectivity index (χ4v) is 3.17. The summed E-state index contributed by atoms with van der Waals surface area (Å²) in [6, 6.07) is 16.7. The molecular weight excluding hydrogens is 332 g/mol. The molecule has 1 aromatic heterocycles. The van der Waals surface area contributed by atoms with Gasteiger partial charge in [0, 0.05) is 17.8 Å². The van der Waals surface area contributed by atoms with Crippen molar-refractivity contribution >= 4 is 17.6 Å². The number of oxazole rings is 1. The highest BCUT2D eigenvalue weighted by atomic mass is 16.5. The summed E-state index contributed by atoms with van der Waals surface area (Å²) in [4.78, 5) is 30.9. The summed E-state index contributed by atoms with van der Waals surface area (Å²) in [5.41, 5.74) is 2.46. The van der Waals surface area contributed by atoms with E-state index in [0.29, 0.717) is 11.6 Å². The molecule has 6 nitrogen and oxygen atoms in total. The first-order valence-electron chi connectivity index (χ1n) is 8.18. The third-order valence-electron chi connectivity index (χ3n) is 4.44. The van der Waals surface area contributed by atoms with E-state index in [1.165, 1.54) is 13.4 Å². The molecule has 1 aliphatic rings. The zero-order chi connectivity index (χ0) is 18.1. The van der Waals surface area contributed by atoms with Gasteiger partial charge in [0.15, 0.2) is 5.69 Å². The van der Waals surface area contributed by atoms with Gasteiger partial charge in [-0.15, -0.1) is 0 Å². The summed E-state index contributed by atoms with van der Waals surface area (Å²) < 4.78 is 10.3. The van der Waals surface area contributed by atoms with Crippen molar-refractivity contribution in [2.24, 2.45) is 0 Å². The van der Waals surface area contributed by atoms with Gasteiger partial charge in [0.05, 0.1) is 7.11 Å². The predicted octanol–water partition coefficient (Wildman–Crippen LogP) is 3.26. The van der Waals surface area contributed by atoms with Gasteiger partial charge in [0.2, 0.25) is 5.89 Å². The number of rotatable bonds is 3. The third-order valence-corrected chi connectivity index (χ3v) is 4.44. The summed E-state index contributed by atoms with van der Waals surface area (Å²) in [6.07, 6.45) is 1.35. The number of methoxy groups -OCH3 is 1. The number of esters is 1. The van der Waals surface area contributed by atoms with Gasteiger partial charge in [-0.1, -0.05) is 36.4 Å². The van der Waals surface area contributed by atoms with Gasteiger partial charge < -0.3 is 14.1 Å². The zero-order valence-corrected chi connectivity index (χ0v) is 14.1. The molecule has 26 heavy (non-hydrogen) atoms. The highest BCUT2D eigenvalue weighted by Gasteiger charge is 2.38. The second-order valence-electron chi connectivity index (χ2n) is 5.95. The van der Waals surface area contributed by atoms with Gasteiger partial charge in [0.25, 0.3) is 5.91 Å². The smallest absolute Gasteiger partial charge is 0.315 e. The molecule has 0 fully saturated rings. The van der Waals surface area contributed by atoms with Crippen molar-refractivity contribution in [3.63, 3.8) is 0 Å². The molecular formula is C20H16N2O4. The van der Waals surface area contributed by atoms with Crippen LogP contribution in [0.4, 0.5) is 5.69 Å². The molecule has 0 spiro atoms. The molecule has 1 amide bonds. The number of fused-ring (bicyclic) bond motifs is 1. The van der Waals surface area contributed by atoms with Crippen LogP contribution in [0.3, 0.4) is 0 Å². The van der Waals surface area contributed by atoms with Gasteiger partial charge >= 0.3 is 5.97 Å². The van der Waals surface area contributed by atoms with Gasteiger partial charge in [0.1, 0.15) is 12.2 Å². The Morgan fingerprint density at radius 1 is 1.12 bits per heavy atom. The van der Waals surface area contributed by atoms with Crippen LogP contribution in [0.1, 0.15) is 22.0 Å². The number of nitrogens with zero attached hydrogens (tertiary/aromatic N) is 2. The first-order chi connectivity index (χ1) is 12.7. The highest BCUT2D eigenvalue weighted by molar-refractivity contribution is 6.07. The van der Waals surface area contributed by atoms with E-state index in [2.05, 4.69) is 4.98 Å². The van der Waals surface area contributed by atoms with Crippen LogP contribution < -0.4 is 4.90 Å². The molecule has 4 rings (SSSR count). The van der Waals surface area contributed by atoms with Crippen molar-refractivity contribution < 1.29 is 18.7 Å². The molecule has 130 valence electrons. The van der Waals surface area contributed by atoms with Crippen LogP contribution in [0.5, 0.6) is 0 Å². The van der Waals surface area contributed by atoms with Crippen LogP contribution in [0.15, 0.2) is 65.3 Å². The second-order valence-corrected chi connectivity index (χ2v) is 5.95. The molecule has 1 aliphatic heterocycles. The minimum Gasteiger partial charge on any atom is -0.468 e. The fourth-order valence-electron chi connectivity index (χ4n) is 3.17. The van der Waals surface area contributed by atoms with Crippen LogP contribution in [-0.4, -0.2) is 30.5 Å². The average Bonchev–Trinajstić information content (AvgIpc) is 3.33. The maximum atomic E-state index is 13.0. The number of hydrogen-bond donors (Lipinski definition) is 0. The topological polar surface area (TPSA) is 72.6 Å². The van der Waals surface area contributed by atoms with Crippen molar-refractivity contribution in [2.45, 2.75) is 5.92 Å². The Balaban J connectivity index is 1.65. The van der Waals surface area contributed by atoms with Gasteiger partial charge in [-0.2, -0.15) is 0 Å². The van der Waals surface area contributed by atoms with Gasteiger partial charge in [-0.25, -0.2) is 4.98 Å². The summed E-state index contributed by atoms with van der Waals surface area (Å²) in [5.74, 6) is -0.792. The van der Waals surface area contributed by atoms with E-state index in [9.17, 15) is 9.59 Å². The number of hydrogen-bond acceptors (Lipinski definition) is 5. The Morgan fingerprint density at radius 2 is 1.85 bits per heavy atom. The molecule has 1 atom stereocenters. The predicted molar refractivity (Wildman–Crippen MR) is 94.8 cm³/mol. The molecule has 6 heteroatoms. The average molecular weight is 348 g/mol. The van der Waals surface area contributed by atoms with Crippen molar-refractivity contribution in [3.8, 4) is 11.5 Å². The monoisotopic (exact) mass is 348 g/mol. The van der Waals surface area contributed by atoms with E-state index in [1.54, 1.807) is 4.90 Å². The van der Waals surface area contributed by atoms with Crippen molar-refractivity contribution in [1.29, 1.82) is 0 Å². The van der Waals surface area contributed by atoms with Crippen molar-refractivity contribution in [2.75, 3.05) is 18.6 Å². The molecule has 2 heterocycles. The molecule has 0 saturated carbocycles. The Hall–Kier alpha value is -3.41. The lowest BCUT2D eigenvalue weighted by molar-refractivity contribution is -0.141. The van der Waals surface area contributed by atoms with Crippen molar-refractivity contribution in [1.82, 2.24) is 4.98 Å². The number of ether oxygens (including phenoxy) is 1. The van der Waals surface area contributed by atoms with Gasteiger partial charge in [-0.05, 0) is 23.8 Å². The van der Waals surface area contributed by atoms with E-state index < -0.39 is 5.92 Å². The van der Waals surface area contributed by atoms with Crippen LogP contribution >= 0.6 is 0 Å². The number of benzene rings is 2. The Labute approximate surface area is 150 Å². The third kappa shape index (κ3) is 2.65. The Kier molecular flexibility index (Phi) is 4.01. The molecule has 3 aromatic rings. The lowest BCUT2D eigenvalue weighted by Gasteiger charge is -2.15. The number of anilines is 1. The van der Waals surface area contributed by atoms with Crippen molar-refractivity contribution in [3.05, 3.63) is 72.1 Å². The molecule has 0 saturated heterocycles. The summed E-state index contributed by atoms with van der Waals surface area (Å²) >= 11 is 0. The molecule has 0 radical (unpaired) electrons. The van der Waals surface area contributed by atoms with E-state index in [1.807, 2.05) is 54.6 Å². The van der Waals surface area contributed by atoms with Crippen LogP contribution in [0.25, 0.3) is 11.5 Å². The number of carbonyl (C=O) groups is 2. The van der Waals surface area contributed by atoms with E-state index in [4.69, 9.17) is 9.15 Å². The molecule has 0 aliphatic carbocycles. The van der Waals surface area contributed by atoms with Crippen LogP contribution in [0.2, 0.25) is 0 Å². The number of para-hydroxylation sites is 1. The van der Waals surface area contributed by atoms with Crippen LogP contribution in [0, 0.1) is 0 Å². The first-order valence-corrected chi connectivity index (χ1v) is 8.18. The Morgan fingerprint density at radius 3 is 2.62 bits per heavy atom. The molecule has 0 N–H and O–H groups in total. The number of aromatic nitrogens is 1. The normalized spacial score (nSPS) is 15.6. The lowest BCUT2D eigenvalue weighted by Crippen LogP contribution is -2.31. The second kappa shape index (κ2) is 6.48. The zero-order valence-electron chi connectivity index (χ0n) is 14.1.